The Kier molecular flexibility index (Phi) is 6.70. The van der Waals surface area contributed by atoms with Gasteiger partial charge in [0.15, 0.2) is 0 Å². The fourth-order valence-corrected chi connectivity index (χ4v) is 3.14. The summed E-state index contributed by atoms with van der Waals surface area (Å²) in [4.78, 5) is 25.0. The molecule has 0 spiro atoms. The van der Waals surface area contributed by atoms with Gasteiger partial charge in [0.25, 0.3) is 0 Å². The maximum atomic E-state index is 12.5. The highest BCUT2D eigenvalue weighted by Gasteiger charge is 2.18. The van der Waals surface area contributed by atoms with Crippen LogP contribution >= 0.6 is 23.4 Å². The van der Waals surface area contributed by atoms with Gasteiger partial charge >= 0.3 is 5.97 Å². The molecule has 0 radical (unpaired) electrons. The fraction of sp³-hybridized carbons (Fsp3) is 0.222. The van der Waals surface area contributed by atoms with E-state index in [9.17, 15) is 9.59 Å². The zero-order valence-electron chi connectivity index (χ0n) is 13.4. The largest absolute Gasteiger partial charge is 0.465 e. The second kappa shape index (κ2) is 8.76. The minimum absolute atomic E-state index is 0.112. The molecule has 0 bridgehead atoms. The van der Waals surface area contributed by atoms with Gasteiger partial charge < -0.3 is 10.1 Å². The van der Waals surface area contributed by atoms with E-state index in [-0.39, 0.29) is 11.2 Å². The van der Waals surface area contributed by atoms with E-state index < -0.39 is 5.97 Å². The van der Waals surface area contributed by atoms with Gasteiger partial charge in [-0.05, 0) is 48.9 Å². The number of carbonyl (C=O) groups is 2. The monoisotopic (exact) mass is 363 g/mol. The summed E-state index contributed by atoms with van der Waals surface area (Å²) in [6, 6.07) is 14.1. The molecule has 0 fully saturated rings. The second-order valence-corrected chi connectivity index (χ2v) is 6.74. The lowest BCUT2D eigenvalue weighted by molar-refractivity contribution is -0.115. The number of hydrogen-bond acceptors (Lipinski definition) is 4. The molecule has 2 aromatic rings. The Morgan fingerprint density at radius 2 is 1.92 bits per heavy atom. The van der Waals surface area contributed by atoms with Crippen LogP contribution in [0.3, 0.4) is 0 Å². The second-order valence-electron chi connectivity index (χ2n) is 5.03. The number of carbonyl (C=O) groups excluding carboxylic acids is 2. The average Bonchev–Trinajstić information content (AvgIpc) is 2.60. The molecule has 0 saturated carbocycles. The number of rotatable bonds is 6. The fourth-order valence-electron chi connectivity index (χ4n) is 2.06. The van der Waals surface area contributed by atoms with Crippen LogP contribution in [0.1, 0.15) is 23.7 Å². The predicted molar refractivity (Wildman–Crippen MR) is 97.8 cm³/mol. The molecular formula is C18H18ClNO3S. The molecule has 1 amide bonds. The molecule has 1 unspecified atom stereocenters. The smallest absolute Gasteiger partial charge is 0.337 e. The number of methoxy groups -OCH3 is 1. The lowest BCUT2D eigenvalue weighted by Crippen LogP contribution is -2.24. The third-order valence-corrected chi connectivity index (χ3v) is 4.93. The van der Waals surface area contributed by atoms with E-state index in [1.165, 1.54) is 18.9 Å². The zero-order valence-corrected chi connectivity index (χ0v) is 15.0. The summed E-state index contributed by atoms with van der Waals surface area (Å²) in [5.41, 5.74) is 0.965. The molecule has 0 heterocycles. The molecule has 2 aromatic carbocycles. The summed E-state index contributed by atoms with van der Waals surface area (Å²) < 4.78 is 4.69. The molecule has 4 nitrogen and oxygen atoms in total. The van der Waals surface area contributed by atoms with Crippen LogP contribution in [-0.2, 0) is 9.53 Å². The van der Waals surface area contributed by atoms with Gasteiger partial charge in [-0.1, -0.05) is 24.6 Å². The molecule has 0 aliphatic carbocycles. The van der Waals surface area contributed by atoms with Crippen LogP contribution in [0.4, 0.5) is 5.69 Å². The number of esters is 1. The van der Waals surface area contributed by atoms with Gasteiger partial charge in [-0.2, -0.15) is 0 Å². The van der Waals surface area contributed by atoms with E-state index >= 15 is 0 Å². The minimum atomic E-state index is -0.436. The highest BCUT2D eigenvalue weighted by Crippen LogP contribution is 2.27. The number of thioether (sulfide) groups is 1. The van der Waals surface area contributed by atoms with Crippen LogP contribution in [-0.4, -0.2) is 24.2 Å². The summed E-state index contributed by atoms with van der Waals surface area (Å²) in [5.74, 6) is -0.548. The normalized spacial score (nSPS) is 11.6. The predicted octanol–water partition coefficient (Wildman–Crippen LogP) is 4.64. The van der Waals surface area contributed by atoms with Crippen molar-refractivity contribution in [1.29, 1.82) is 0 Å². The summed E-state index contributed by atoms with van der Waals surface area (Å²) in [6.07, 6.45) is 0.676. The molecule has 1 atom stereocenters. The first-order chi connectivity index (χ1) is 11.5. The van der Waals surface area contributed by atoms with Gasteiger partial charge in [0, 0.05) is 15.6 Å². The number of anilines is 1. The van der Waals surface area contributed by atoms with Gasteiger partial charge in [0.1, 0.15) is 0 Å². The van der Waals surface area contributed by atoms with Gasteiger partial charge in [0.2, 0.25) is 5.91 Å². The Morgan fingerprint density at radius 1 is 1.21 bits per heavy atom. The van der Waals surface area contributed by atoms with Crippen LogP contribution in [0.2, 0.25) is 5.02 Å². The van der Waals surface area contributed by atoms with Crippen molar-refractivity contribution in [3.63, 3.8) is 0 Å². The molecule has 1 N–H and O–H groups in total. The van der Waals surface area contributed by atoms with Crippen molar-refractivity contribution in [2.24, 2.45) is 0 Å². The molecule has 0 aliphatic rings. The van der Waals surface area contributed by atoms with Crippen molar-refractivity contribution in [3.8, 4) is 0 Å². The molecule has 0 aliphatic heterocycles. The highest BCUT2D eigenvalue weighted by atomic mass is 35.5. The Labute approximate surface area is 150 Å². The number of hydrogen-bond donors (Lipinski definition) is 1. The molecular weight excluding hydrogens is 346 g/mol. The molecule has 126 valence electrons. The van der Waals surface area contributed by atoms with Crippen molar-refractivity contribution in [1.82, 2.24) is 0 Å². The maximum absolute atomic E-state index is 12.5. The Balaban J connectivity index is 2.06. The van der Waals surface area contributed by atoms with Crippen LogP contribution in [0.15, 0.2) is 53.4 Å². The van der Waals surface area contributed by atoms with Crippen LogP contribution in [0.5, 0.6) is 0 Å². The Bertz CT molecular complexity index is 718. The van der Waals surface area contributed by atoms with Crippen molar-refractivity contribution < 1.29 is 14.3 Å². The molecule has 2 rings (SSSR count). The maximum Gasteiger partial charge on any atom is 0.337 e. The quantitative estimate of drug-likeness (QED) is 0.600. The molecule has 0 aromatic heterocycles. The lowest BCUT2D eigenvalue weighted by Gasteiger charge is -2.15. The van der Waals surface area contributed by atoms with E-state index in [0.29, 0.717) is 22.7 Å². The highest BCUT2D eigenvalue weighted by molar-refractivity contribution is 8.00. The Morgan fingerprint density at radius 3 is 2.54 bits per heavy atom. The van der Waals surface area contributed by atoms with Crippen LogP contribution in [0, 0.1) is 0 Å². The summed E-state index contributed by atoms with van der Waals surface area (Å²) in [5, 5.41) is 3.27. The minimum Gasteiger partial charge on any atom is -0.465 e. The van der Waals surface area contributed by atoms with E-state index in [4.69, 9.17) is 11.6 Å². The number of nitrogens with one attached hydrogen (secondary N) is 1. The number of amides is 1. The van der Waals surface area contributed by atoms with Crippen LogP contribution < -0.4 is 5.32 Å². The number of benzene rings is 2. The zero-order chi connectivity index (χ0) is 17.5. The first-order valence-electron chi connectivity index (χ1n) is 7.45. The standard InChI is InChI=1S/C18H18ClNO3S/c1-3-16(24-15-9-7-13(19)8-10-15)17(21)20-14-6-4-5-12(11-14)18(22)23-2/h4-11,16H,3H2,1-2H3,(H,20,21). The number of halogens is 1. The third-order valence-electron chi connectivity index (χ3n) is 3.31. The van der Waals surface area contributed by atoms with Gasteiger partial charge in [-0.15, -0.1) is 11.8 Å². The van der Waals surface area contributed by atoms with E-state index in [0.717, 1.165) is 4.90 Å². The van der Waals surface area contributed by atoms with Crippen molar-refractivity contribution in [2.75, 3.05) is 12.4 Å². The van der Waals surface area contributed by atoms with E-state index in [1.807, 2.05) is 19.1 Å². The van der Waals surface area contributed by atoms with E-state index in [1.54, 1.807) is 36.4 Å². The van der Waals surface area contributed by atoms with Crippen molar-refractivity contribution in [3.05, 3.63) is 59.1 Å². The van der Waals surface area contributed by atoms with Crippen molar-refractivity contribution in [2.45, 2.75) is 23.5 Å². The topological polar surface area (TPSA) is 55.4 Å². The van der Waals surface area contributed by atoms with Crippen molar-refractivity contribution >= 4 is 40.9 Å². The Hall–Kier alpha value is -1.98. The SMILES string of the molecule is CCC(Sc1ccc(Cl)cc1)C(=O)Nc1cccc(C(=O)OC)c1. The van der Waals surface area contributed by atoms with Gasteiger partial charge in [-0.3, -0.25) is 4.79 Å². The van der Waals surface area contributed by atoms with Gasteiger partial charge in [0.05, 0.1) is 17.9 Å². The average molecular weight is 364 g/mol. The summed E-state index contributed by atoms with van der Waals surface area (Å²) >= 11 is 7.36. The molecule has 6 heteroatoms. The first-order valence-corrected chi connectivity index (χ1v) is 8.70. The lowest BCUT2D eigenvalue weighted by atomic mass is 10.2. The first kappa shape index (κ1) is 18.4. The van der Waals surface area contributed by atoms with Gasteiger partial charge in [-0.25, -0.2) is 4.79 Å². The summed E-state index contributed by atoms with van der Waals surface area (Å²) in [7, 11) is 1.32. The summed E-state index contributed by atoms with van der Waals surface area (Å²) in [6.45, 7) is 1.96. The van der Waals surface area contributed by atoms with Crippen LogP contribution in [0.25, 0.3) is 0 Å². The van der Waals surface area contributed by atoms with E-state index in [2.05, 4.69) is 10.1 Å². The third kappa shape index (κ3) is 5.01. The molecule has 0 saturated heterocycles. The molecule has 24 heavy (non-hydrogen) atoms. The number of ether oxygens (including phenoxy) is 1.